The fourth-order valence-electron chi connectivity index (χ4n) is 1.92. The number of hydrogen-bond donors (Lipinski definition) is 0. The first kappa shape index (κ1) is 18.8. The first-order chi connectivity index (χ1) is 9.37. The summed E-state index contributed by atoms with van der Waals surface area (Å²) >= 11 is 0. The third kappa shape index (κ3) is 6.31. The second kappa shape index (κ2) is 9.68. The molecule has 7 heteroatoms. The Kier molecular flexibility index (Phi) is 9.11. The standard InChI is InChI=1S/C13H24O7/c1-8(20-10(3)15)12(17-5)13(18-6)11(16-4)7-19-9(2)14/h8,11-13H,7H2,1-6H3/t8-,11+,12-,13-/m1/s1. The molecule has 0 aromatic heterocycles. The largest absolute Gasteiger partial charge is 0.463 e. The van der Waals surface area contributed by atoms with Crippen molar-refractivity contribution in [1.82, 2.24) is 0 Å². The van der Waals surface area contributed by atoms with E-state index in [1.807, 2.05) is 0 Å². The molecule has 0 saturated carbocycles. The maximum absolute atomic E-state index is 11.0. The maximum atomic E-state index is 11.0. The van der Waals surface area contributed by atoms with Crippen LogP contribution in [0, 0.1) is 0 Å². The molecule has 4 atom stereocenters. The summed E-state index contributed by atoms with van der Waals surface area (Å²) in [5.41, 5.74) is 0. The smallest absolute Gasteiger partial charge is 0.302 e. The van der Waals surface area contributed by atoms with Crippen molar-refractivity contribution in [2.45, 2.75) is 45.2 Å². The molecule has 0 saturated heterocycles. The van der Waals surface area contributed by atoms with E-state index in [0.29, 0.717) is 0 Å². The third-order valence-electron chi connectivity index (χ3n) is 2.80. The van der Waals surface area contributed by atoms with E-state index < -0.39 is 36.4 Å². The van der Waals surface area contributed by atoms with E-state index in [1.165, 1.54) is 35.2 Å². The van der Waals surface area contributed by atoms with Crippen molar-refractivity contribution in [3.05, 3.63) is 0 Å². The average Bonchev–Trinajstić information content (AvgIpc) is 2.36. The van der Waals surface area contributed by atoms with E-state index in [0.717, 1.165) is 0 Å². The molecule has 20 heavy (non-hydrogen) atoms. The Morgan fingerprint density at radius 1 is 0.900 bits per heavy atom. The molecule has 118 valence electrons. The number of ether oxygens (including phenoxy) is 5. The van der Waals surface area contributed by atoms with Crippen LogP contribution in [-0.2, 0) is 33.3 Å². The number of methoxy groups -OCH3 is 3. The number of carbonyl (C=O) groups excluding carboxylic acids is 2. The first-order valence-corrected chi connectivity index (χ1v) is 6.26. The molecule has 0 aliphatic carbocycles. The molecule has 0 radical (unpaired) electrons. The Morgan fingerprint density at radius 3 is 1.80 bits per heavy atom. The molecule has 0 fully saturated rings. The first-order valence-electron chi connectivity index (χ1n) is 6.26. The minimum Gasteiger partial charge on any atom is -0.463 e. The van der Waals surface area contributed by atoms with Gasteiger partial charge < -0.3 is 23.7 Å². The average molecular weight is 292 g/mol. The molecule has 0 amide bonds. The summed E-state index contributed by atoms with van der Waals surface area (Å²) in [6, 6.07) is 0. The van der Waals surface area contributed by atoms with Crippen LogP contribution in [0.3, 0.4) is 0 Å². The quantitative estimate of drug-likeness (QED) is 0.574. The van der Waals surface area contributed by atoms with Crippen LogP contribution in [0.15, 0.2) is 0 Å². The van der Waals surface area contributed by atoms with E-state index in [4.69, 9.17) is 23.7 Å². The second-order valence-electron chi connectivity index (χ2n) is 4.29. The molecule has 0 unspecified atom stereocenters. The van der Waals surface area contributed by atoms with Crippen LogP contribution in [0.5, 0.6) is 0 Å². The molecule has 0 aliphatic heterocycles. The van der Waals surface area contributed by atoms with Gasteiger partial charge in [-0.1, -0.05) is 0 Å². The van der Waals surface area contributed by atoms with Crippen molar-refractivity contribution >= 4 is 11.9 Å². The Hall–Kier alpha value is -1.18. The van der Waals surface area contributed by atoms with Gasteiger partial charge in [-0.15, -0.1) is 0 Å². The minimum absolute atomic E-state index is 0.0248. The Morgan fingerprint density at radius 2 is 1.45 bits per heavy atom. The Bertz CT molecular complexity index is 305. The van der Waals surface area contributed by atoms with Crippen LogP contribution in [0.25, 0.3) is 0 Å². The van der Waals surface area contributed by atoms with Gasteiger partial charge >= 0.3 is 11.9 Å². The molecule has 0 heterocycles. The highest BCUT2D eigenvalue weighted by molar-refractivity contribution is 5.66. The minimum atomic E-state index is -0.557. The van der Waals surface area contributed by atoms with E-state index >= 15 is 0 Å². The molecule has 0 aromatic rings. The predicted molar refractivity (Wildman–Crippen MR) is 70.3 cm³/mol. The summed E-state index contributed by atoms with van der Waals surface area (Å²) in [6.45, 7) is 4.35. The SMILES string of the molecule is CO[C@@H]([C@H](OC)[C@@H](C)OC(C)=O)[C@H](COC(C)=O)OC. The summed E-state index contributed by atoms with van der Waals surface area (Å²) in [7, 11) is 4.44. The summed E-state index contributed by atoms with van der Waals surface area (Å²) in [5.74, 6) is -0.827. The normalized spacial score (nSPS) is 16.9. The number of carbonyl (C=O) groups is 2. The van der Waals surface area contributed by atoms with Crippen LogP contribution in [-0.4, -0.2) is 64.3 Å². The van der Waals surface area contributed by atoms with E-state index in [1.54, 1.807) is 6.92 Å². The lowest BCUT2D eigenvalue weighted by molar-refractivity contribution is -0.176. The molecule has 7 nitrogen and oxygen atoms in total. The number of esters is 2. The highest BCUT2D eigenvalue weighted by Gasteiger charge is 2.36. The highest BCUT2D eigenvalue weighted by atomic mass is 16.6. The van der Waals surface area contributed by atoms with Crippen LogP contribution in [0.2, 0.25) is 0 Å². The zero-order valence-electron chi connectivity index (χ0n) is 12.9. The molecule has 0 rings (SSSR count). The van der Waals surface area contributed by atoms with Gasteiger partial charge in [0.2, 0.25) is 0 Å². The van der Waals surface area contributed by atoms with Crippen molar-refractivity contribution in [3.63, 3.8) is 0 Å². The van der Waals surface area contributed by atoms with Crippen LogP contribution in [0.1, 0.15) is 20.8 Å². The predicted octanol–water partition coefficient (Wildman–Crippen LogP) is 0.546. The topological polar surface area (TPSA) is 80.3 Å². The van der Waals surface area contributed by atoms with Gasteiger partial charge in [0.1, 0.15) is 31.0 Å². The van der Waals surface area contributed by atoms with Crippen LogP contribution < -0.4 is 0 Å². The fourth-order valence-corrected chi connectivity index (χ4v) is 1.92. The van der Waals surface area contributed by atoms with Gasteiger partial charge in [0, 0.05) is 35.2 Å². The monoisotopic (exact) mass is 292 g/mol. The van der Waals surface area contributed by atoms with Crippen molar-refractivity contribution in [2.24, 2.45) is 0 Å². The summed E-state index contributed by atoms with van der Waals surface area (Å²) < 4.78 is 26.0. The second-order valence-corrected chi connectivity index (χ2v) is 4.29. The number of rotatable bonds is 9. The summed E-state index contributed by atoms with van der Waals surface area (Å²) in [4.78, 5) is 21.9. The van der Waals surface area contributed by atoms with Gasteiger partial charge in [-0.3, -0.25) is 9.59 Å². The summed E-state index contributed by atoms with van der Waals surface area (Å²) in [5, 5.41) is 0. The fraction of sp³-hybridized carbons (Fsp3) is 0.846. The van der Waals surface area contributed by atoms with Gasteiger partial charge in [0.15, 0.2) is 0 Å². The molecule has 0 N–H and O–H groups in total. The lowest BCUT2D eigenvalue weighted by Crippen LogP contribution is -2.49. The summed E-state index contributed by atoms with van der Waals surface area (Å²) in [6.07, 6.45) is -2.17. The van der Waals surface area contributed by atoms with Crippen LogP contribution >= 0.6 is 0 Å². The van der Waals surface area contributed by atoms with E-state index in [9.17, 15) is 9.59 Å². The van der Waals surface area contributed by atoms with Crippen molar-refractivity contribution in [2.75, 3.05) is 27.9 Å². The van der Waals surface area contributed by atoms with Gasteiger partial charge in [-0.05, 0) is 6.92 Å². The zero-order valence-corrected chi connectivity index (χ0v) is 12.9. The molecule has 0 aromatic carbocycles. The molecular formula is C13H24O7. The number of hydrogen-bond acceptors (Lipinski definition) is 7. The lowest BCUT2D eigenvalue weighted by atomic mass is 10.0. The van der Waals surface area contributed by atoms with Gasteiger partial charge in [0.25, 0.3) is 0 Å². The van der Waals surface area contributed by atoms with E-state index in [2.05, 4.69) is 0 Å². The van der Waals surface area contributed by atoms with Crippen molar-refractivity contribution < 1.29 is 33.3 Å². The maximum Gasteiger partial charge on any atom is 0.302 e. The molecule has 0 spiro atoms. The Balaban J connectivity index is 4.86. The molecular weight excluding hydrogens is 268 g/mol. The van der Waals surface area contributed by atoms with Gasteiger partial charge in [-0.25, -0.2) is 0 Å². The van der Waals surface area contributed by atoms with Gasteiger partial charge in [0.05, 0.1) is 0 Å². The van der Waals surface area contributed by atoms with Crippen molar-refractivity contribution in [1.29, 1.82) is 0 Å². The lowest BCUT2D eigenvalue weighted by Gasteiger charge is -2.33. The zero-order chi connectivity index (χ0) is 15.7. The van der Waals surface area contributed by atoms with Crippen LogP contribution in [0.4, 0.5) is 0 Å². The molecule has 0 aliphatic rings. The third-order valence-corrected chi connectivity index (χ3v) is 2.80. The Labute approximate surface area is 119 Å². The van der Waals surface area contributed by atoms with Gasteiger partial charge in [-0.2, -0.15) is 0 Å². The van der Waals surface area contributed by atoms with Crippen molar-refractivity contribution in [3.8, 4) is 0 Å². The molecule has 0 bridgehead atoms. The highest BCUT2D eigenvalue weighted by Crippen LogP contribution is 2.17. The van der Waals surface area contributed by atoms with E-state index in [-0.39, 0.29) is 6.61 Å².